The molecule has 1 saturated heterocycles. The van der Waals surface area contributed by atoms with E-state index in [1.165, 1.54) is 15.3 Å². The van der Waals surface area contributed by atoms with Crippen molar-refractivity contribution in [1.29, 1.82) is 0 Å². The molecule has 43 heavy (non-hydrogen) atoms. The third-order valence-corrected chi connectivity index (χ3v) is 12.6. The van der Waals surface area contributed by atoms with Gasteiger partial charge in [0.25, 0.3) is 0 Å². The molecule has 2 fully saturated rings. The number of ether oxygens (including phenoxy) is 1. The minimum atomic E-state index is -4.08. The fourth-order valence-corrected chi connectivity index (χ4v) is 9.29. The second-order valence-corrected chi connectivity index (χ2v) is 15.3. The molecular formula is C30H32ClFN6O3S2. The Labute approximate surface area is 258 Å². The summed E-state index contributed by atoms with van der Waals surface area (Å²) in [5.74, 6) is 0. The second-order valence-electron chi connectivity index (χ2n) is 11.6. The predicted molar refractivity (Wildman–Crippen MR) is 166 cm³/mol. The summed E-state index contributed by atoms with van der Waals surface area (Å²) in [6.07, 6.45) is 12.2. The van der Waals surface area contributed by atoms with Crippen molar-refractivity contribution < 1.29 is 17.5 Å². The SMILES string of the molecule is CC1(S(=O)(=O)n2c(-c3cnn(CCN4CCOCC4)c3)cc3cccnc32)C=C(Cl)C(c2cnc(C3(F)CCC3)s2)=CC1. The monoisotopic (exact) mass is 642 g/mol. The van der Waals surface area contributed by atoms with Crippen LogP contribution >= 0.6 is 22.9 Å². The van der Waals surface area contributed by atoms with Crippen molar-refractivity contribution >= 4 is 49.6 Å². The zero-order valence-electron chi connectivity index (χ0n) is 23.7. The number of thiazole rings is 1. The zero-order chi connectivity index (χ0) is 29.8. The molecule has 7 rings (SSSR count). The second kappa shape index (κ2) is 10.9. The van der Waals surface area contributed by atoms with Gasteiger partial charge in [0.1, 0.15) is 9.75 Å². The number of fused-ring (bicyclic) bond motifs is 1. The van der Waals surface area contributed by atoms with E-state index in [0.29, 0.717) is 57.3 Å². The fourth-order valence-electron chi connectivity index (χ4n) is 5.86. The maximum atomic E-state index is 15.0. The maximum absolute atomic E-state index is 15.0. The standard InChI is InChI=1S/C30H32ClFN6O3S2/c1-29(8-5-23(24(31)17-29)26-19-34-28(42-26)30(32)6-3-7-30)43(39,40)38-25(16-21-4-2-9-33-27(21)38)22-18-35-37(20-22)11-10-36-12-14-41-15-13-36/h2,4-5,9,16-20H,3,6-8,10-15H2,1H3. The van der Waals surface area contributed by atoms with E-state index in [1.54, 1.807) is 37.7 Å². The van der Waals surface area contributed by atoms with Crippen LogP contribution in [0.5, 0.6) is 0 Å². The van der Waals surface area contributed by atoms with E-state index in [0.717, 1.165) is 44.1 Å². The van der Waals surface area contributed by atoms with Crippen LogP contribution in [0.2, 0.25) is 0 Å². The summed E-state index contributed by atoms with van der Waals surface area (Å²) in [4.78, 5) is 11.9. The van der Waals surface area contributed by atoms with E-state index in [9.17, 15) is 12.8 Å². The Morgan fingerprint density at radius 2 is 1.98 bits per heavy atom. The van der Waals surface area contributed by atoms with Crippen molar-refractivity contribution in [3.05, 3.63) is 70.1 Å². The number of pyridine rings is 1. The lowest BCUT2D eigenvalue weighted by atomic mass is 9.83. The molecule has 3 aliphatic rings. The summed E-state index contributed by atoms with van der Waals surface area (Å²) in [5.41, 5.74) is 0.843. The van der Waals surface area contributed by atoms with Crippen LogP contribution in [0.25, 0.3) is 27.9 Å². The Hall–Kier alpha value is -2.90. The Bertz CT molecular complexity index is 1850. The third-order valence-electron chi connectivity index (χ3n) is 8.73. The molecule has 1 saturated carbocycles. The van der Waals surface area contributed by atoms with Crippen LogP contribution in [0.15, 0.2) is 60.2 Å². The summed E-state index contributed by atoms with van der Waals surface area (Å²) >= 11 is 8.07. The van der Waals surface area contributed by atoms with Gasteiger partial charge in [-0.2, -0.15) is 5.10 Å². The van der Waals surface area contributed by atoms with Crippen LogP contribution in [0.4, 0.5) is 4.39 Å². The van der Waals surface area contributed by atoms with Gasteiger partial charge in [-0.1, -0.05) is 17.7 Å². The van der Waals surface area contributed by atoms with Gasteiger partial charge in [-0.3, -0.25) is 9.58 Å². The van der Waals surface area contributed by atoms with Crippen LogP contribution < -0.4 is 0 Å². The number of aromatic nitrogens is 5. The molecule has 13 heteroatoms. The van der Waals surface area contributed by atoms with Crippen molar-refractivity contribution in [2.45, 2.75) is 49.6 Å². The topological polar surface area (TPSA) is 95.1 Å². The molecule has 1 unspecified atom stereocenters. The molecule has 0 N–H and O–H groups in total. The molecular weight excluding hydrogens is 611 g/mol. The van der Waals surface area contributed by atoms with Gasteiger partial charge in [-0.15, -0.1) is 11.3 Å². The van der Waals surface area contributed by atoms with Gasteiger partial charge >= 0.3 is 0 Å². The molecule has 9 nitrogen and oxygen atoms in total. The number of hydrogen-bond acceptors (Lipinski definition) is 8. The Kier molecular flexibility index (Phi) is 7.32. The van der Waals surface area contributed by atoms with Gasteiger partial charge in [-0.25, -0.2) is 26.7 Å². The molecule has 0 spiro atoms. The molecule has 0 aromatic carbocycles. The first-order valence-electron chi connectivity index (χ1n) is 14.5. The quantitative estimate of drug-likeness (QED) is 0.248. The third kappa shape index (κ3) is 5.06. The summed E-state index contributed by atoms with van der Waals surface area (Å²) in [7, 11) is -4.08. The van der Waals surface area contributed by atoms with Crippen molar-refractivity contribution in [2.24, 2.45) is 0 Å². The predicted octanol–water partition coefficient (Wildman–Crippen LogP) is 5.58. The lowest BCUT2D eigenvalue weighted by Gasteiger charge is -2.31. The average molecular weight is 643 g/mol. The van der Waals surface area contributed by atoms with Gasteiger partial charge in [0.05, 0.1) is 36.5 Å². The molecule has 5 heterocycles. The Morgan fingerprint density at radius 1 is 1.16 bits per heavy atom. The van der Waals surface area contributed by atoms with Gasteiger partial charge < -0.3 is 4.74 Å². The van der Waals surface area contributed by atoms with E-state index in [2.05, 4.69) is 20.0 Å². The minimum Gasteiger partial charge on any atom is -0.379 e. The van der Waals surface area contributed by atoms with Crippen molar-refractivity contribution in [2.75, 3.05) is 32.8 Å². The molecule has 226 valence electrons. The van der Waals surface area contributed by atoms with Crippen LogP contribution in [0.3, 0.4) is 0 Å². The van der Waals surface area contributed by atoms with Gasteiger partial charge in [-0.05, 0) is 56.9 Å². The lowest BCUT2D eigenvalue weighted by molar-refractivity contribution is 0.0360. The van der Waals surface area contributed by atoms with Gasteiger partial charge in [0.15, 0.2) is 11.3 Å². The fraction of sp³-hybridized carbons (Fsp3) is 0.433. The molecule has 4 aromatic heterocycles. The molecule has 0 amide bonds. The first kappa shape index (κ1) is 28.8. The molecule has 2 aliphatic carbocycles. The Morgan fingerprint density at radius 3 is 2.72 bits per heavy atom. The molecule has 0 radical (unpaired) electrons. The van der Waals surface area contributed by atoms with Crippen LogP contribution in [0.1, 0.15) is 42.5 Å². The number of morpholine rings is 1. The molecule has 4 aromatic rings. The highest BCUT2D eigenvalue weighted by atomic mass is 35.5. The number of nitrogens with zero attached hydrogens (tertiary/aromatic N) is 6. The number of alkyl halides is 1. The van der Waals surface area contributed by atoms with E-state index in [4.69, 9.17) is 16.3 Å². The first-order chi connectivity index (χ1) is 20.7. The Balaban J connectivity index is 1.20. The lowest BCUT2D eigenvalue weighted by Crippen LogP contribution is -2.39. The molecule has 1 atom stereocenters. The van der Waals surface area contributed by atoms with E-state index in [-0.39, 0.29) is 6.42 Å². The normalized spacial score (nSPS) is 22.8. The summed E-state index contributed by atoms with van der Waals surface area (Å²) in [6, 6.07) is 5.48. The smallest absolute Gasteiger partial charge is 0.250 e. The number of halogens is 2. The van der Waals surface area contributed by atoms with Crippen molar-refractivity contribution in [3.8, 4) is 11.3 Å². The van der Waals surface area contributed by atoms with E-state index in [1.807, 2.05) is 29.1 Å². The summed E-state index contributed by atoms with van der Waals surface area (Å²) in [5, 5.41) is 6.01. The number of hydrogen-bond donors (Lipinski definition) is 0. The minimum absolute atomic E-state index is 0.180. The van der Waals surface area contributed by atoms with Crippen molar-refractivity contribution in [3.63, 3.8) is 0 Å². The summed E-state index contributed by atoms with van der Waals surface area (Å²) < 4.78 is 51.4. The van der Waals surface area contributed by atoms with E-state index >= 15 is 0 Å². The molecule has 1 aliphatic heterocycles. The van der Waals surface area contributed by atoms with Gasteiger partial charge in [0, 0.05) is 59.8 Å². The zero-order valence-corrected chi connectivity index (χ0v) is 26.1. The first-order valence-corrected chi connectivity index (χ1v) is 17.1. The molecule has 0 bridgehead atoms. The van der Waals surface area contributed by atoms with Gasteiger partial charge in [0.2, 0.25) is 10.0 Å². The highest BCUT2D eigenvalue weighted by Gasteiger charge is 2.44. The van der Waals surface area contributed by atoms with Crippen LogP contribution in [0, 0.1) is 0 Å². The van der Waals surface area contributed by atoms with Crippen molar-refractivity contribution in [1.82, 2.24) is 28.6 Å². The number of allylic oxidation sites excluding steroid dienone is 3. The van der Waals surface area contributed by atoms with E-state index < -0.39 is 20.4 Å². The van der Waals surface area contributed by atoms with Crippen LogP contribution in [-0.4, -0.2) is 74.6 Å². The average Bonchev–Trinajstić information content (AvgIpc) is 3.74. The largest absolute Gasteiger partial charge is 0.379 e. The number of rotatable bonds is 8. The highest BCUT2D eigenvalue weighted by molar-refractivity contribution is 7.91. The summed E-state index contributed by atoms with van der Waals surface area (Å²) in [6.45, 7) is 6.41. The maximum Gasteiger partial charge on any atom is 0.250 e. The van der Waals surface area contributed by atoms with Crippen LogP contribution in [-0.2, 0) is 27.0 Å². The highest BCUT2D eigenvalue weighted by Crippen LogP contribution is 2.48.